The minimum Gasteiger partial charge on any atom is -0.481 e. The van der Waals surface area contributed by atoms with Crippen LogP contribution in [0.1, 0.15) is 35.2 Å². The second-order valence-corrected chi connectivity index (χ2v) is 5.80. The lowest BCUT2D eigenvalue weighted by molar-refractivity contribution is -0.123. The van der Waals surface area contributed by atoms with E-state index in [2.05, 4.69) is 24.4 Å². The molecule has 0 aliphatic rings. The second-order valence-electron chi connectivity index (χ2n) is 5.80. The third kappa shape index (κ3) is 4.31. The molecule has 122 valence electrons. The lowest BCUT2D eigenvalue weighted by atomic mass is 9.96. The van der Waals surface area contributed by atoms with Gasteiger partial charge in [-0.05, 0) is 62.1 Å². The summed E-state index contributed by atoms with van der Waals surface area (Å²) < 4.78 is 18.7. The summed E-state index contributed by atoms with van der Waals surface area (Å²) in [4.78, 5) is 12.0. The molecule has 0 aromatic heterocycles. The Morgan fingerprint density at radius 3 is 2.48 bits per heavy atom. The molecule has 0 saturated carbocycles. The Bertz CT molecular complexity index is 713. The van der Waals surface area contributed by atoms with Gasteiger partial charge in [0.05, 0.1) is 6.04 Å². The summed E-state index contributed by atoms with van der Waals surface area (Å²) in [6, 6.07) is 10.1. The predicted octanol–water partition coefficient (Wildman–Crippen LogP) is 4.01. The molecule has 2 aromatic rings. The van der Waals surface area contributed by atoms with Crippen LogP contribution in [0.4, 0.5) is 4.39 Å². The number of hydrogen-bond acceptors (Lipinski definition) is 2. The average Bonchev–Trinajstić information content (AvgIpc) is 2.50. The zero-order valence-corrected chi connectivity index (χ0v) is 13.9. The number of ether oxygens (including phenoxy) is 1. The van der Waals surface area contributed by atoms with E-state index in [4.69, 9.17) is 4.74 Å². The number of hydrogen-bond donors (Lipinski definition) is 1. The van der Waals surface area contributed by atoms with E-state index in [1.54, 1.807) is 12.1 Å². The van der Waals surface area contributed by atoms with Crippen LogP contribution in [0.3, 0.4) is 0 Å². The van der Waals surface area contributed by atoms with E-state index >= 15 is 0 Å². The van der Waals surface area contributed by atoms with Gasteiger partial charge in [0.25, 0.3) is 5.91 Å². The van der Waals surface area contributed by atoms with Crippen molar-refractivity contribution >= 4 is 5.91 Å². The third-order valence-corrected chi connectivity index (χ3v) is 3.92. The van der Waals surface area contributed by atoms with E-state index in [1.165, 1.54) is 23.3 Å². The Balaban J connectivity index is 1.97. The molecule has 3 nitrogen and oxygen atoms in total. The van der Waals surface area contributed by atoms with E-state index in [0.717, 1.165) is 11.1 Å². The number of carbonyl (C=O) groups is 1. The maximum Gasteiger partial charge on any atom is 0.258 e. The first-order chi connectivity index (χ1) is 10.9. The van der Waals surface area contributed by atoms with Crippen molar-refractivity contribution < 1.29 is 13.9 Å². The standard InChI is InChI=1S/C19H22FNO2/c1-12-9-14(3)16(10-13(12)2)15(4)21-19(22)11-23-18-8-6-5-7-17(18)20/h5-10,15H,11H2,1-4H3,(H,21,22)/t15-/m1/s1. The predicted molar refractivity (Wildman–Crippen MR) is 89.1 cm³/mol. The highest BCUT2D eigenvalue weighted by atomic mass is 19.1. The Morgan fingerprint density at radius 2 is 1.78 bits per heavy atom. The molecule has 0 saturated heterocycles. The fraction of sp³-hybridized carbons (Fsp3) is 0.316. The minimum absolute atomic E-state index is 0.0812. The lowest BCUT2D eigenvalue weighted by Crippen LogP contribution is -2.31. The summed E-state index contributed by atoms with van der Waals surface area (Å²) in [6.07, 6.45) is 0. The van der Waals surface area contributed by atoms with Crippen molar-refractivity contribution in [2.45, 2.75) is 33.7 Å². The van der Waals surface area contributed by atoms with E-state index in [9.17, 15) is 9.18 Å². The molecule has 2 rings (SSSR count). The van der Waals surface area contributed by atoms with Gasteiger partial charge in [0, 0.05) is 0 Å². The number of amides is 1. The molecule has 4 heteroatoms. The molecular weight excluding hydrogens is 293 g/mol. The minimum atomic E-state index is -0.474. The highest BCUT2D eigenvalue weighted by Crippen LogP contribution is 2.21. The lowest BCUT2D eigenvalue weighted by Gasteiger charge is -2.18. The Kier molecular flexibility index (Phi) is 5.37. The maximum atomic E-state index is 13.4. The van der Waals surface area contributed by atoms with Gasteiger partial charge in [0.15, 0.2) is 18.2 Å². The van der Waals surface area contributed by atoms with Crippen molar-refractivity contribution in [3.8, 4) is 5.75 Å². The number of rotatable bonds is 5. The Labute approximate surface area is 136 Å². The fourth-order valence-corrected chi connectivity index (χ4v) is 2.52. The van der Waals surface area contributed by atoms with Crippen LogP contribution in [0.2, 0.25) is 0 Å². The van der Waals surface area contributed by atoms with Gasteiger partial charge in [-0.25, -0.2) is 4.39 Å². The second kappa shape index (κ2) is 7.27. The molecule has 0 bridgehead atoms. The van der Waals surface area contributed by atoms with E-state index in [0.29, 0.717) is 0 Å². The van der Waals surface area contributed by atoms with Gasteiger partial charge in [0.2, 0.25) is 0 Å². The number of nitrogens with one attached hydrogen (secondary N) is 1. The van der Waals surface area contributed by atoms with Gasteiger partial charge in [-0.15, -0.1) is 0 Å². The Morgan fingerprint density at radius 1 is 1.13 bits per heavy atom. The van der Waals surface area contributed by atoms with Crippen LogP contribution in [0.15, 0.2) is 36.4 Å². The SMILES string of the molecule is Cc1cc(C)c([C@@H](C)NC(=O)COc2ccccc2F)cc1C. The monoisotopic (exact) mass is 315 g/mol. The van der Waals surface area contributed by atoms with Crippen LogP contribution in [0.25, 0.3) is 0 Å². The summed E-state index contributed by atoms with van der Waals surface area (Å²) >= 11 is 0. The Hall–Kier alpha value is -2.36. The van der Waals surface area contributed by atoms with Crippen molar-refractivity contribution in [1.29, 1.82) is 0 Å². The molecule has 0 heterocycles. The van der Waals surface area contributed by atoms with Crippen molar-refractivity contribution in [2.75, 3.05) is 6.61 Å². The van der Waals surface area contributed by atoms with Crippen LogP contribution in [0, 0.1) is 26.6 Å². The smallest absolute Gasteiger partial charge is 0.258 e. The molecule has 1 N–H and O–H groups in total. The van der Waals surface area contributed by atoms with Crippen LogP contribution in [-0.4, -0.2) is 12.5 Å². The summed E-state index contributed by atoms with van der Waals surface area (Å²) in [5.74, 6) is -0.672. The van der Waals surface area contributed by atoms with Gasteiger partial charge in [0.1, 0.15) is 0 Å². The van der Waals surface area contributed by atoms with Gasteiger partial charge in [-0.1, -0.05) is 24.3 Å². The highest BCUT2D eigenvalue weighted by molar-refractivity contribution is 5.78. The quantitative estimate of drug-likeness (QED) is 0.905. The topological polar surface area (TPSA) is 38.3 Å². The summed E-state index contributed by atoms with van der Waals surface area (Å²) in [7, 11) is 0. The summed E-state index contributed by atoms with van der Waals surface area (Å²) in [5, 5.41) is 2.89. The van der Waals surface area contributed by atoms with Crippen LogP contribution in [-0.2, 0) is 4.79 Å². The normalized spacial score (nSPS) is 11.9. The number of carbonyl (C=O) groups excluding carboxylic acids is 1. The van der Waals surface area contributed by atoms with Gasteiger partial charge >= 0.3 is 0 Å². The number of halogens is 1. The summed E-state index contributed by atoms with van der Waals surface area (Å²) in [5.41, 5.74) is 4.63. The van der Waals surface area contributed by atoms with Gasteiger partial charge in [-0.2, -0.15) is 0 Å². The molecular formula is C19H22FNO2. The number of benzene rings is 2. The first kappa shape index (κ1) is 17.0. The molecule has 2 aromatic carbocycles. The van der Waals surface area contributed by atoms with Crippen molar-refractivity contribution in [3.63, 3.8) is 0 Å². The molecule has 23 heavy (non-hydrogen) atoms. The summed E-state index contributed by atoms with van der Waals surface area (Å²) in [6.45, 7) is 7.86. The first-order valence-corrected chi connectivity index (χ1v) is 7.63. The molecule has 0 aliphatic heterocycles. The van der Waals surface area contributed by atoms with Crippen molar-refractivity contribution in [3.05, 3.63) is 64.5 Å². The molecule has 0 spiro atoms. The fourth-order valence-electron chi connectivity index (χ4n) is 2.52. The molecule has 0 aliphatic carbocycles. The number of para-hydroxylation sites is 1. The molecule has 1 atom stereocenters. The zero-order chi connectivity index (χ0) is 17.0. The average molecular weight is 315 g/mol. The highest BCUT2D eigenvalue weighted by Gasteiger charge is 2.14. The number of aryl methyl sites for hydroxylation is 3. The van der Waals surface area contributed by atoms with E-state index < -0.39 is 5.82 Å². The van der Waals surface area contributed by atoms with Crippen LogP contribution < -0.4 is 10.1 Å². The zero-order valence-electron chi connectivity index (χ0n) is 13.9. The van der Waals surface area contributed by atoms with Crippen molar-refractivity contribution in [1.82, 2.24) is 5.32 Å². The molecule has 1 amide bonds. The molecule has 0 fully saturated rings. The maximum absolute atomic E-state index is 13.4. The molecule has 0 unspecified atom stereocenters. The van der Waals surface area contributed by atoms with Crippen LogP contribution >= 0.6 is 0 Å². The van der Waals surface area contributed by atoms with Crippen LogP contribution in [0.5, 0.6) is 5.75 Å². The van der Waals surface area contributed by atoms with E-state index in [-0.39, 0.29) is 24.3 Å². The van der Waals surface area contributed by atoms with Gasteiger partial charge in [-0.3, -0.25) is 4.79 Å². The first-order valence-electron chi connectivity index (χ1n) is 7.63. The van der Waals surface area contributed by atoms with Crippen molar-refractivity contribution in [2.24, 2.45) is 0 Å². The van der Waals surface area contributed by atoms with Gasteiger partial charge < -0.3 is 10.1 Å². The van der Waals surface area contributed by atoms with E-state index in [1.807, 2.05) is 20.8 Å². The molecule has 0 radical (unpaired) electrons. The largest absolute Gasteiger partial charge is 0.481 e. The third-order valence-electron chi connectivity index (χ3n) is 3.92.